The van der Waals surface area contributed by atoms with Crippen molar-refractivity contribution in [1.29, 1.82) is 0 Å². The fourth-order valence-corrected chi connectivity index (χ4v) is 2.55. The number of aryl methyl sites for hydroxylation is 2. The lowest BCUT2D eigenvalue weighted by atomic mass is 10.1. The Hall–Kier alpha value is -1.72. The summed E-state index contributed by atoms with van der Waals surface area (Å²) >= 11 is 0. The molecule has 1 aromatic carbocycles. The Bertz CT molecular complexity index is 568. The van der Waals surface area contributed by atoms with Gasteiger partial charge in [0.15, 0.2) is 5.82 Å². The molecule has 2 heterocycles. The highest BCUT2D eigenvalue weighted by Gasteiger charge is 2.22. The third-order valence-electron chi connectivity index (χ3n) is 3.33. The fraction of sp³-hybridized carbons (Fsp3) is 0.467. The van der Waals surface area contributed by atoms with E-state index in [1.54, 1.807) is 0 Å². The van der Waals surface area contributed by atoms with Crippen LogP contribution in [0.1, 0.15) is 34.5 Å². The zero-order valence-corrected chi connectivity index (χ0v) is 11.8. The summed E-state index contributed by atoms with van der Waals surface area (Å²) in [7, 11) is 0. The van der Waals surface area contributed by atoms with E-state index in [2.05, 4.69) is 47.5 Å². The van der Waals surface area contributed by atoms with Crippen molar-refractivity contribution in [1.82, 2.24) is 15.5 Å². The summed E-state index contributed by atoms with van der Waals surface area (Å²) in [6.45, 7) is 6.48. The molecule has 1 N–H and O–H groups in total. The normalized spacial score (nSPS) is 19.2. The number of hydrogen-bond acceptors (Lipinski definition) is 5. The quantitative estimate of drug-likeness (QED) is 0.926. The van der Waals surface area contributed by atoms with E-state index < -0.39 is 0 Å². The van der Waals surface area contributed by atoms with E-state index in [0.29, 0.717) is 24.7 Å². The highest BCUT2D eigenvalue weighted by Crippen LogP contribution is 2.18. The summed E-state index contributed by atoms with van der Waals surface area (Å²) in [5, 5.41) is 7.31. The van der Waals surface area contributed by atoms with Crippen LogP contribution in [-0.2, 0) is 11.2 Å². The van der Waals surface area contributed by atoms with Gasteiger partial charge in [0.25, 0.3) is 5.89 Å². The molecule has 1 saturated heterocycles. The number of nitrogens with one attached hydrogen (secondary N) is 1. The predicted molar refractivity (Wildman–Crippen MR) is 74.6 cm³/mol. The maximum absolute atomic E-state index is 5.61. The second kappa shape index (κ2) is 5.73. The molecule has 1 aliphatic heterocycles. The summed E-state index contributed by atoms with van der Waals surface area (Å²) in [6, 6.07) is 6.47. The Kier molecular flexibility index (Phi) is 3.80. The lowest BCUT2D eigenvalue weighted by molar-refractivity contribution is 0.00755. The van der Waals surface area contributed by atoms with E-state index in [1.165, 1.54) is 16.7 Å². The molecule has 1 aliphatic rings. The number of aromatic nitrogens is 2. The predicted octanol–water partition coefficient (Wildman–Crippen LogP) is 1.94. The summed E-state index contributed by atoms with van der Waals surface area (Å²) in [4.78, 5) is 4.45. The highest BCUT2D eigenvalue weighted by molar-refractivity contribution is 5.30. The lowest BCUT2D eigenvalue weighted by Crippen LogP contribution is -2.33. The Balaban J connectivity index is 1.73. The van der Waals surface area contributed by atoms with E-state index in [0.717, 1.165) is 13.1 Å². The van der Waals surface area contributed by atoms with Gasteiger partial charge in [-0.05, 0) is 19.4 Å². The van der Waals surface area contributed by atoms with E-state index in [-0.39, 0.29) is 6.10 Å². The van der Waals surface area contributed by atoms with Gasteiger partial charge in [-0.25, -0.2) is 0 Å². The van der Waals surface area contributed by atoms with E-state index in [4.69, 9.17) is 9.26 Å². The van der Waals surface area contributed by atoms with Gasteiger partial charge in [0.2, 0.25) is 0 Å². The Morgan fingerprint density at radius 1 is 1.25 bits per heavy atom. The van der Waals surface area contributed by atoms with Gasteiger partial charge in [-0.2, -0.15) is 4.98 Å². The number of nitrogens with zero attached hydrogens (tertiary/aromatic N) is 2. The number of morpholine rings is 1. The van der Waals surface area contributed by atoms with Gasteiger partial charge < -0.3 is 14.6 Å². The zero-order valence-electron chi connectivity index (χ0n) is 11.8. The second-order valence-corrected chi connectivity index (χ2v) is 5.29. The van der Waals surface area contributed by atoms with Crippen LogP contribution in [0.4, 0.5) is 0 Å². The van der Waals surface area contributed by atoms with Crippen LogP contribution < -0.4 is 5.32 Å². The van der Waals surface area contributed by atoms with Crippen LogP contribution >= 0.6 is 0 Å². The van der Waals surface area contributed by atoms with Crippen LogP contribution in [0.5, 0.6) is 0 Å². The zero-order chi connectivity index (χ0) is 13.9. The first-order valence-corrected chi connectivity index (χ1v) is 6.93. The molecule has 0 bridgehead atoms. The highest BCUT2D eigenvalue weighted by atomic mass is 16.5. The van der Waals surface area contributed by atoms with Crippen LogP contribution in [0.2, 0.25) is 0 Å². The molecular weight excluding hydrogens is 254 g/mol. The molecule has 1 aromatic heterocycles. The number of rotatable bonds is 3. The standard InChI is InChI=1S/C15H19N3O2/c1-10-5-11(2)7-12(6-10)8-14-17-15(20-18-14)13-9-16-3-4-19-13/h5-7,13,16H,3-4,8-9H2,1-2H3. The molecule has 0 amide bonds. The van der Waals surface area contributed by atoms with Crippen molar-refractivity contribution in [2.45, 2.75) is 26.4 Å². The Morgan fingerprint density at radius 3 is 2.75 bits per heavy atom. The molecule has 5 heteroatoms. The maximum Gasteiger partial charge on any atom is 0.257 e. The van der Waals surface area contributed by atoms with Gasteiger partial charge >= 0.3 is 0 Å². The molecule has 106 valence electrons. The average molecular weight is 273 g/mol. The fourth-order valence-electron chi connectivity index (χ4n) is 2.55. The van der Waals surface area contributed by atoms with Crippen molar-refractivity contribution in [3.05, 3.63) is 46.6 Å². The van der Waals surface area contributed by atoms with E-state index >= 15 is 0 Å². The van der Waals surface area contributed by atoms with Gasteiger partial charge in [-0.1, -0.05) is 34.5 Å². The average Bonchev–Trinajstić information content (AvgIpc) is 2.87. The molecule has 0 spiro atoms. The number of ether oxygens (including phenoxy) is 1. The third kappa shape index (κ3) is 3.05. The van der Waals surface area contributed by atoms with Crippen LogP contribution in [0, 0.1) is 13.8 Å². The molecular formula is C15H19N3O2. The second-order valence-electron chi connectivity index (χ2n) is 5.29. The molecule has 1 fully saturated rings. The minimum absolute atomic E-state index is 0.121. The smallest absolute Gasteiger partial charge is 0.257 e. The van der Waals surface area contributed by atoms with Gasteiger partial charge in [-0.3, -0.25) is 0 Å². The molecule has 1 atom stereocenters. The summed E-state index contributed by atoms with van der Waals surface area (Å²) in [5.74, 6) is 1.27. The largest absolute Gasteiger partial charge is 0.366 e. The topological polar surface area (TPSA) is 60.2 Å². The molecule has 1 unspecified atom stereocenters. The van der Waals surface area contributed by atoms with Crippen molar-refractivity contribution in [2.24, 2.45) is 0 Å². The lowest BCUT2D eigenvalue weighted by Gasteiger charge is -2.19. The Morgan fingerprint density at radius 2 is 2.05 bits per heavy atom. The summed E-state index contributed by atoms with van der Waals surface area (Å²) in [6.07, 6.45) is 0.566. The monoisotopic (exact) mass is 273 g/mol. The van der Waals surface area contributed by atoms with Crippen molar-refractivity contribution in [2.75, 3.05) is 19.7 Å². The number of hydrogen-bond donors (Lipinski definition) is 1. The van der Waals surface area contributed by atoms with Gasteiger partial charge in [0.05, 0.1) is 6.61 Å². The minimum atomic E-state index is -0.121. The van der Waals surface area contributed by atoms with Gasteiger partial charge in [0.1, 0.15) is 6.10 Å². The molecule has 20 heavy (non-hydrogen) atoms. The van der Waals surface area contributed by atoms with Crippen LogP contribution in [-0.4, -0.2) is 29.8 Å². The minimum Gasteiger partial charge on any atom is -0.366 e. The molecule has 0 aliphatic carbocycles. The first-order chi connectivity index (χ1) is 9.70. The maximum atomic E-state index is 5.61. The molecule has 5 nitrogen and oxygen atoms in total. The third-order valence-corrected chi connectivity index (χ3v) is 3.33. The van der Waals surface area contributed by atoms with Crippen LogP contribution in [0.3, 0.4) is 0 Å². The SMILES string of the molecule is Cc1cc(C)cc(Cc2noc(C3CNCCO3)n2)c1. The van der Waals surface area contributed by atoms with E-state index in [1.807, 2.05) is 0 Å². The molecule has 0 saturated carbocycles. The molecule has 0 radical (unpaired) electrons. The van der Waals surface area contributed by atoms with Crippen LogP contribution in [0.25, 0.3) is 0 Å². The van der Waals surface area contributed by atoms with Gasteiger partial charge in [-0.15, -0.1) is 0 Å². The number of benzene rings is 1. The van der Waals surface area contributed by atoms with Gasteiger partial charge in [0, 0.05) is 19.5 Å². The summed E-state index contributed by atoms with van der Waals surface area (Å²) in [5.41, 5.74) is 3.71. The Labute approximate surface area is 118 Å². The van der Waals surface area contributed by atoms with Crippen LogP contribution in [0.15, 0.2) is 22.7 Å². The first kappa shape index (κ1) is 13.3. The van der Waals surface area contributed by atoms with Crippen molar-refractivity contribution >= 4 is 0 Å². The molecule has 2 aromatic rings. The first-order valence-electron chi connectivity index (χ1n) is 6.93. The summed E-state index contributed by atoms with van der Waals surface area (Å²) < 4.78 is 10.9. The van der Waals surface area contributed by atoms with E-state index in [9.17, 15) is 0 Å². The molecule has 3 rings (SSSR count). The van der Waals surface area contributed by atoms with Crippen molar-refractivity contribution in [3.8, 4) is 0 Å². The van der Waals surface area contributed by atoms with Crippen molar-refractivity contribution < 1.29 is 9.26 Å². The van der Waals surface area contributed by atoms with Crippen molar-refractivity contribution in [3.63, 3.8) is 0 Å².